The number of anilines is 1. The Morgan fingerprint density at radius 3 is 2.55 bits per heavy atom. The van der Waals surface area contributed by atoms with Crippen molar-refractivity contribution in [2.24, 2.45) is 0 Å². The number of hydrogen-bond acceptors (Lipinski definition) is 3. The number of aryl methyl sites for hydroxylation is 2. The molecule has 1 saturated heterocycles. The molecule has 2 aliphatic heterocycles. The van der Waals surface area contributed by atoms with E-state index in [2.05, 4.69) is 69.2 Å². The van der Waals surface area contributed by atoms with Crippen molar-refractivity contribution >= 4 is 83.8 Å². The van der Waals surface area contributed by atoms with Crippen LogP contribution in [0.2, 0.25) is 0 Å². The Morgan fingerprint density at radius 2 is 1.82 bits per heavy atom. The molecule has 8 heteroatoms. The van der Waals surface area contributed by atoms with Crippen LogP contribution in [0.25, 0.3) is 11.0 Å². The molecule has 0 radical (unpaired) electrons. The molecule has 0 amide bonds. The predicted molar refractivity (Wildman–Crippen MR) is 109 cm³/mol. The fourth-order valence-electron chi connectivity index (χ4n) is 3.30. The Labute approximate surface area is 166 Å². The summed E-state index contributed by atoms with van der Waals surface area (Å²) in [6.45, 7) is 5.24. The SMILES string of the molecule is Brc1c(Br)c2c3c(nc(N4CCNCC4)n3CCC2)c1I.Cl. The smallest absolute Gasteiger partial charge is 0.206 e. The summed E-state index contributed by atoms with van der Waals surface area (Å²) in [4.78, 5) is 7.43. The van der Waals surface area contributed by atoms with Gasteiger partial charge in [0, 0.05) is 41.7 Å². The van der Waals surface area contributed by atoms with E-state index in [-0.39, 0.29) is 12.4 Å². The largest absolute Gasteiger partial charge is 0.340 e. The Hall–Kier alpha value is 0.430. The van der Waals surface area contributed by atoms with E-state index in [9.17, 15) is 0 Å². The molecule has 2 aromatic rings. The van der Waals surface area contributed by atoms with E-state index in [1.54, 1.807) is 0 Å². The molecule has 4 nitrogen and oxygen atoms in total. The summed E-state index contributed by atoms with van der Waals surface area (Å²) in [6.07, 6.45) is 2.31. The average Bonchev–Trinajstić information content (AvgIpc) is 2.92. The van der Waals surface area contributed by atoms with Crippen molar-refractivity contribution in [2.75, 3.05) is 31.1 Å². The van der Waals surface area contributed by atoms with E-state index in [1.165, 1.54) is 25.5 Å². The van der Waals surface area contributed by atoms with Crippen molar-refractivity contribution in [3.05, 3.63) is 18.1 Å². The molecular formula is C14H16Br2ClIN4. The second kappa shape index (κ2) is 6.74. The summed E-state index contributed by atoms with van der Waals surface area (Å²) in [5.41, 5.74) is 3.88. The van der Waals surface area contributed by atoms with Crippen LogP contribution in [0.4, 0.5) is 5.95 Å². The van der Waals surface area contributed by atoms with Crippen molar-refractivity contribution in [3.63, 3.8) is 0 Å². The minimum Gasteiger partial charge on any atom is -0.340 e. The number of hydrogen-bond donors (Lipinski definition) is 1. The first-order valence-electron chi connectivity index (χ1n) is 7.19. The maximum Gasteiger partial charge on any atom is 0.206 e. The minimum absolute atomic E-state index is 0. The molecule has 0 bridgehead atoms. The summed E-state index contributed by atoms with van der Waals surface area (Å²) in [6, 6.07) is 0. The van der Waals surface area contributed by atoms with E-state index in [0.29, 0.717) is 0 Å². The molecule has 3 heterocycles. The monoisotopic (exact) mass is 560 g/mol. The molecule has 0 saturated carbocycles. The standard InChI is InChI=1S/C14H15Br2IN4.ClH/c15-9-8-2-1-5-21-13(8)12(11(17)10(9)16)19-14(21)20-6-3-18-4-7-20;/h18H,1-7H2;1H. The second-order valence-electron chi connectivity index (χ2n) is 5.52. The molecule has 1 N–H and O–H groups in total. The summed E-state index contributed by atoms with van der Waals surface area (Å²) in [5.74, 6) is 1.15. The van der Waals surface area contributed by atoms with Crippen molar-refractivity contribution in [3.8, 4) is 0 Å². The molecule has 4 rings (SSSR count). The van der Waals surface area contributed by atoms with E-state index in [0.717, 1.165) is 55.1 Å². The topological polar surface area (TPSA) is 33.1 Å². The van der Waals surface area contributed by atoms with Crippen LogP contribution in [0.5, 0.6) is 0 Å². The highest BCUT2D eigenvalue weighted by Crippen LogP contribution is 2.42. The maximum atomic E-state index is 5.01. The molecule has 2 aliphatic rings. The third-order valence-electron chi connectivity index (χ3n) is 4.30. The number of piperazine rings is 1. The Balaban J connectivity index is 0.00000144. The van der Waals surface area contributed by atoms with Crippen LogP contribution in [-0.2, 0) is 13.0 Å². The van der Waals surface area contributed by atoms with Gasteiger partial charge in [-0.25, -0.2) is 4.98 Å². The number of rotatable bonds is 1. The first kappa shape index (κ1) is 17.3. The van der Waals surface area contributed by atoms with Gasteiger partial charge in [0.1, 0.15) is 5.52 Å². The van der Waals surface area contributed by atoms with E-state index in [4.69, 9.17) is 4.98 Å². The number of nitrogens with one attached hydrogen (secondary N) is 1. The number of imidazole rings is 1. The van der Waals surface area contributed by atoms with Gasteiger partial charge in [-0.2, -0.15) is 0 Å². The quantitative estimate of drug-likeness (QED) is 0.423. The van der Waals surface area contributed by atoms with Gasteiger partial charge in [0.2, 0.25) is 5.95 Å². The molecule has 22 heavy (non-hydrogen) atoms. The van der Waals surface area contributed by atoms with Crippen molar-refractivity contribution in [2.45, 2.75) is 19.4 Å². The Bertz CT molecular complexity index is 728. The lowest BCUT2D eigenvalue weighted by Gasteiger charge is -2.29. The van der Waals surface area contributed by atoms with Gasteiger partial charge in [-0.15, -0.1) is 12.4 Å². The third kappa shape index (κ3) is 2.60. The summed E-state index contributed by atoms with van der Waals surface area (Å²) < 4.78 is 5.98. The molecule has 1 aromatic carbocycles. The molecular weight excluding hydrogens is 546 g/mol. The van der Waals surface area contributed by atoms with Gasteiger partial charge in [-0.05, 0) is 72.9 Å². The van der Waals surface area contributed by atoms with Crippen molar-refractivity contribution < 1.29 is 0 Å². The van der Waals surface area contributed by atoms with Gasteiger partial charge in [0.25, 0.3) is 0 Å². The van der Waals surface area contributed by atoms with E-state index < -0.39 is 0 Å². The van der Waals surface area contributed by atoms with Gasteiger partial charge < -0.3 is 14.8 Å². The average molecular weight is 562 g/mol. The second-order valence-corrected chi connectivity index (χ2v) is 8.19. The molecule has 0 unspecified atom stereocenters. The molecule has 120 valence electrons. The van der Waals surface area contributed by atoms with Crippen LogP contribution in [0.1, 0.15) is 12.0 Å². The molecule has 0 spiro atoms. The highest BCUT2D eigenvalue weighted by atomic mass is 127. The van der Waals surface area contributed by atoms with Gasteiger partial charge >= 0.3 is 0 Å². The normalized spacial score (nSPS) is 17.7. The highest BCUT2D eigenvalue weighted by molar-refractivity contribution is 14.1. The fourth-order valence-corrected chi connectivity index (χ4v) is 5.32. The number of benzene rings is 1. The zero-order valence-corrected chi connectivity index (χ0v) is 18.0. The van der Waals surface area contributed by atoms with Crippen LogP contribution < -0.4 is 10.2 Å². The van der Waals surface area contributed by atoms with Gasteiger partial charge in [0.15, 0.2) is 0 Å². The fraction of sp³-hybridized carbons (Fsp3) is 0.500. The highest BCUT2D eigenvalue weighted by Gasteiger charge is 2.27. The molecule has 0 aliphatic carbocycles. The zero-order chi connectivity index (χ0) is 14.6. The lowest BCUT2D eigenvalue weighted by Crippen LogP contribution is -2.44. The van der Waals surface area contributed by atoms with Crippen molar-refractivity contribution in [1.29, 1.82) is 0 Å². The van der Waals surface area contributed by atoms with E-state index >= 15 is 0 Å². The summed E-state index contributed by atoms with van der Waals surface area (Å²) in [7, 11) is 0. The van der Waals surface area contributed by atoms with Gasteiger partial charge in [-0.1, -0.05) is 0 Å². The number of halogens is 4. The van der Waals surface area contributed by atoms with Crippen LogP contribution in [0, 0.1) is 3.57 Å². The van der Waals surface area contributed by atoms with E-state index in [1.807, 2.05) is 0 Å². The minimum atomic E-state index is 0. The lowest BCUT2D eigenvalue weighted by atomic mass is 10.0. The van der Waals surface area contributed by atoms with Crippen molar-refractivity contribution in [1.82, 2.24) is 14.9 Å². The maximum absolute atomic E-state index is 5.01. The summed E-state index contributed by atoms with van der Waals surface area (Å²) >= 11 is 9.89. The number of aromatic nitrogens is 2. The Morgan fingerprint density at radius 1 is 1.09 bits per heavy atom. The van der Waals surface area contributed by atoms with Crippen LogP contribution in [-0.4, -0.2) is 35.7 Å². The van der Waals surface area contributed by atoms with Crippen LogP contribution in [0.3, 0.4) is 0 Å². The zero-order valence-electron chi connectivity index (χ0n) is 11.8. The molecule has 1 aromatic heterocycles. The third-order valence-corrected chi connectivity index (χ3v) is 8.29. The number of nitrogens with zero attached hydrogens (tertiary/aromatic N) is 3. The first-order valence-corrected chi connectivity index (χ1v) is 9.86. The van der Waals surface area contributed by atoms with Crippen LogP contribution in [0.15, 0.2) is 8.95 Å². The van der Waals surface area contributed by atoms with Gasteiger partial charge in [0.05, 0.1) is 9.09 Å². The van der Waals surface area contributed by atoms with Gasteiger partial charge in [-0.3, -0.25) is 0 Å². The Kier molecular flexibility index (Phi) is 5.29. The molecule has 1 fully saturated rings. The first-order chi connectivity index (χ1) is 10.2. The lowest BCUT2D eigenvalue weighted by molar-refractivity contribution is 0.556. The summed E-state index contributed by atoms with van der Waals surface area (Å²) in [5, 5.41) is 3.42. The predicted octanol–water partition coefficient (Wildman–Crippen LogP) is 3.94. The van der Waals surface area contributed by atoms with Crippen LogP contribution >= 0.6 is 66.9 Å². The molecule has 0 atom stereocenters.